The van der Waals surface area contributed by atoms with Crippen LogP contribution in [0.3, 0.4) is 0 Å². The smallest absolute Gasteiger partial charge is 0.257 e. The van der Waals surface area contributed by atoms with E-state index in [-0.39, 0.29) is 5.91 Å². The van der Waals surface area contributed by atoms with Gasteiger partial charge in [-0.2, -0.15) is 5.10 Å². The molecule has 1 aromatic carbocycles. The summed E-state index contributed by atoms with van der Waals surface area (Å²) >= 11 is 0. The molecule has 0 bridgehead atoms. The van der Waals surface area contributed by atoms with E-state index in [0.29, 0.717) is 12.6 Å². The van der Waals surface area contributed by atoms with E-state index in [4.69, 9.17) is 4.74 Å². The highest BCUT2D eigenvalue weighted by atomic mass is 16.5. The summed E-state index contributed by atoms with van der Waals surface area (Å²) in [5.74, 6) is 0.1000. The number of carbonyl (C=O) groups is 1. The maximum absolute atomic E-state index is 13.1. The molecule has 0 aliphatic carbocycles. The topological polar surface area (TPSA) is 47.4 Å². The molecule has 2 aliphatic rings. The Morgan fingerprint density at radius 3 is 2.84 bits per heavy atom. The van der Waals surface area contributed by atoms with Crippen molar-refractivity contribution in [3.05, 3.63) is 52.3 Å². The first kappa shape index (κ1) is 16.3. The van der Waals surface area contributed by atoms with Crippen LogP contribution in [0.5, 0.6) is 0 Å². The molecule has 2 aromatic rings. The predicted octanol–water partition coefficient (Wildman–Crippen LogP) is 3.05. The molecule has 5 heteroatoms. The van der Waals surface area contributed by atoms with Gasteiger partial charge in [-0.15, -0.1) is 0 Å². The van der Waals surface area contributed by atoms with Gasteiger partial charge >= 0.3 is 0 Å². The first-order chi connectivity index (χ1) is 12.1. The largest absolute Gasteiger partial charge is 0.381 e. The monoisotopic (exact) mass is 339 g/mol. The third kappa shape index (κ3) is 2.97. The molecule has 1 aromatic heterocycles. The van der Waals surface area contributed by atoms with E-state index in [1.54, 1.807) is 6.20 Å². The van der Waals surface area contributed by atoms with Gasteiger partial charge in [0.25, 0.3) is 5.91 Å². The van der Waals surface area contributed by atoms with Crippen LogP contribution < -0.4 is 0 Å². The van der Waals surface area contributed by atoms with E-state index in [1.165, 1.54) is 16.7 Å². The molecule has 3 heterocycles. The van der Waals surface area contributed by atoms with Crippen LogP contribution in [0.4, 0.5) is 0 Å². The molecule has 0 radical (unpaired) electrons. The Bertz CT molecular complexity index is 790. The minimum atomic E-state index is 0.1000. The Kier molecular flexibility index (Phi) is 4.34. The van der Waals surface area contributed by atoms with Crippen molar-refractivity contribution in [2.24, 2.45) is 0 Å². The lowest BCUT2D eigenvalue weighted by atomic mass is 9.95. The van der Waals surface area contributed by atoms with Crippen molar-refractivity contribution in [3.63, 3.8) is 0 Å². The van der Waals surface area contributed by atoms with Gasteiger partial charge in [-0.1, -0.05) is 18.2 Å². The summed E-state index contributed by atoms with van der Waals surface area (Å²) in [6.45, 7) is 7.18. The second-order valence-electron chi connectivity index (χ2n) is 7.12. The summed E-state index contributed by atoms with van der Waals surface area (Å²) in [4.78, 5) is 15.0. The van der Waals surface area contributed by atoms with Gasteiger partial charge in [0.2, 0.25) is 0 Å². The molecule has 1 fully saturated rings. The van der Waals surface area contributed by atoms with Crippen LogP contribution in [0.2, 0.25) is 0 Å². The van der Waals surface area contributed by atoms with E-state index in [2.05, 4.69) is 30.2 Å². The fraction of sp³-hybridized carbons (Fsp3) is 0.500. The van der Waals surface area contributed by atoms with Crippen LogP contribution in [0.1, 0.15) is 51.6 Å². The Balaban J connectivity index is 1.55. The number of aryl methyl sites for hydroxylation is 1. The van der Waals surface area contributed by atoms with Crippen molar-refractivity contribution in [2.75, 3.05) is 19.8 Å². The number of fused-ring (bicyclic) bond motifs is 1. The molecule has 25 heavy (non-hydrogen) atoms. The molecule has 0 atom stereocenters. The lowest BCUT2D eigenvalue weighted by molar-refractivity contribution is 0.0655. The molecular weight excluding hydrogens is 314 g/mol. The Morgan fingerprint density at radius 2 is 2.04 bits per heavy atom. The number of aromatic nitrogens is 2. The maximum Gasteiger partial charge on any atom is 0.257 e. The fourth-order valence-corrected chi connectivity index (χ4v) is 4.08. The van der Waals surface area contributed by atoms with Gasteiger partial charge in [0, 0.05) is 32.0 Å². The number of carbonyl (C=O) groups excluding carboxylic acids is 1. The first-order valence-electron chi connectivity index (χ1n) is 9.13. The zero-order valence-electron chi connectivity index (χ0n) is 15.0. The van der Waals surface area contributed by atoms with Crippen LogP contribution in [-0.4, -0.2) is 40.3 Å². The number of rotatable bonds is 2. The van der Waals surface area contributed by atoms with Crippen LogP contribution in [0, 0.1) is 13.8 Å². The minimum Gasteiger partial charge on any atom is -0.381 e. The number of benzene rings is 1. The van der Waals surface area contributed by atoms with Gasteiger partial charge in [0.15, 0.2) is 0 Å². The van der Waals surface area contributed by atoms with E-state index in [1.807, 2.05) is 16.5 Å². The number of hydrogen-bond acceptors (Lipinski definition) is 3. The Labute approximate surface area is 148 Å². The lowest BCUT2D eigenvalue weighted by Gasteiger charge is -2.30. The standard InChI is InChI=1S/C20H25N3O2/c1-14-4-3-5-16-13-22(9-6-18(14)16)20(24)19-12-21-23(15(19)2)17-7-10-25-11-8-17/h3-5,12,17H,6-11,13H2,1-2H3. The predicted molar refractivity (Wildman–Crippen MR) is 95.7 cm³/mol. The van der Waals surface area contributed by atoms with Gasteiger partial charge in [-0.25, -0.2) is 0 Å². The summed E-state index contributed by atoms with van der Waals surface area (Å²) in [5.41, 5.74) is 5.72. The minimum absolute atomic E-state index is 0.1000. The van der Waals surface area contributed by atoms with Crippen molar-refractivity contribution in [2.45, 2.75) is 45.7 Å². The highest BCUT2D eigenvalue weighted by Gasteiger charge is 2.27. The van der Waals surface area contributed by atoms with E-state index >= 15 is 0 Å². The van der Waals surface area contributed by atoms with Gasteiger partial charge < -0.3 is 9.64 Å². The summed E-state index contributed by atoms with van der Waals surface area (Å²) < 4.78 is 7.46. The SMILES string of the molecule is Cc1cccc2c1CCN(C(=O)c1cnn(C3CCOCC3)c1C)C2. The quantitative estimate of drug-likeness (QED) is 0.845. The highest BCUT2D eigenvalue weighted by molar-refractivity contribution is 5.95. The second-order valence-corrected chi connectivity index (χ2v) is 7.12. The first-order valence-corrected chi connectivity index (χ1v) is 9.13. The Morgan fingerprint density at radius 1 is 1.24 bits per heavy atom. The van der Waals surface area contributed by atoms with Gasteiger partial charge in [0.05, 0.1) is 17.8 Å². The van der Waals surface area contributed by atoms with Gasteiger partial charge in [-0.05, 0) is 49.8 Å². The molecule has 0 saturated carbocycles. The van der Waals surface area contributed by atoms with Crippen molar-refractivity contribution < 1.29 is 9.53 Å². The Hall–Kier alpha value is -2.14. The lowest BCUT2D eigenvalue weighted by Crippen LogP contribution is -2.36. The zero-order chi connectivity index (χ0) is 17.4. The number of ether oxygens (including phenoxy) is 1. The van der Waals surface area contributed by atoms with Gasteiger partial charge in [-0.3, -0.25) is 9.48 Å². The second kappa shape index (κ2) is 6.64. The molecule has 4 rings (SSSR count). The molecule has 2 aliphatic heterocycles. The molecule has 0 N–H and O–H groups in total. The zero-order valence-corrected chi connectivity index (χ0v) is 15.0. The van der Waals surface area contributed by atoms with Crippen LogP contribution in [0.15, 0.2) is 24.4 Å². The number of amides is 1. The number of hydrogen-bond donors (Lipinski definition) is 0. The van der Waals surface area contributed by atoms with Crippen molar-refractivity contribution in [1.82, 2.24) is 14.7 Å². The molecular formula is C20H25N3O2. The van der Waals surface area contributed by atoms with Crippen molar-refractivity contribution in [1.29, 1.82) is 0 Å². The van der Waals surface area contributed by atoms with E-state index in [9.17, 15) is 4.79 Å². The van der Waals surface area contributed by atoms with E-state index < -0.39 is 0 Å². The summed E-state index contributed by atoms with van der Waals surface area (Å²) in [5, 5.41) is 4.53. The normalized spacial score (nSPS) is 18.2. The average molecular weight is 339 g/mol. The molecule has 0 unspecified atom stereocenters. The summed E-state index contributed by atoms with van der Waals surface area (Å²) in [7, 11) is 0. The third-order valence-corrected chi connectivity index (χ3v) is 5.60. The molecule has 5 nitrogen and oxygen atoms in total. The van der Waals surface area contributed by atoms with Crippen LogP contribution in [-0.2, 0) is 17.7 Å². The van der Waals surface area contributed by atoms with Crippen LogP contribution in [0.25, 0.3) is 0 Å². The average Bonchev–Trinajstić information content (AvgIpc) is 3.03. The third-order valence-electron chi connectivity index (χ3n) is 5.60. The molecule has 1 amide bonds. The van der Waals surface area contributed by atoms with E-state index in [0.717, 1.165) is 50.3 Å². The summed E-state index contributed by atoms with van der Waals surface area (Å²) in [6.07, 6.45) is 4.61. The molecule has 0 spiro atoms. The maximum atomic E-state index is 13.1. The fourth-order valence-electron chi connectivity index (χ4n) is 4.08. The summed E-state index contributed by atoms with van der Waals surface area (Å²) in [6, 6.07) is 6.72. The van der Waals surface area contributed by atoms with Gasteiger partial charge in [0.1, 0.15) is 0 Å². The van der Waals surface area contributed by atoms with Crippen molar-refractivity contribution >= 4 is 5.91 Å². The van der Waals surface area contributed by atoms with Crippen molar-refractivity contribution in [3.8, 4) is 0 Å². The van der Waals surface area contributed by atoms with Crippen LogP contribution >= 0.6 is 0 Å². The molecule has 132 valence electrons. The highest BCUT2D eigenvalue weighted by Crippen LogP contribution is 2.26. The number of nitrogens with zero attached hydrogens (tertiary/aromatic N) is 3. The molecule has 1 saturated heterocycles.